The van der Waals surface area contributed by atoms with Crippen LogP contribution in [0, 0.1) is 0 Å². The molecule has 1 unspecified atom stereocenters. The van der Waals surface area contributed by atoms with Gasteiger partial charge in [0.25, 0.3) is 0 Å². The summed E-state index contributed by atoms with van der Waals surface area (Å²) in [6.07, 6.45) is 5.26. The van der Waals surface area contributed by atoms with Crippen molar-refractivity contribution in [1.82, 2.24) is 5.32 Å². The summed E-state index contributed by atoms with van der Waals surface area (Å²) in [4.78, 5) is 0. The number of hydrogen-bond acceptors (Lipinski definition) is 1. The van der Waals surface area contributed by atoms with Crippen LogP contribution in [-0.4, -0.2) is 7.05 Å². The highest BCUT2D eigenvalue weighted by atomic mass is 14.9. The predicted octanol–water partition coefficient (Wildman–Crippen LogP) is 5.29. The van der Waals surface area contributed by atoms with Crippen LogP contribution in [0.15, 0.2) is 48.5 Å². The minimum Gasteiger partial charge on any atom is -0.313 e. The fourth-order valence-corrected chi connectivity index (χ4v) is 3.20. The second-order valence-corrected chi connectivity index (χ2v) is 6.12. The molecule has 0 bridgehead atoms. The Morgan fingerprint density at radius 1 is 0.952 bits per heavy atom. The van der Waals surface area contributed by atoms with E-state index in [0.29, 0.717) is 6.04 Å². The third-order valence-corrected chi connectivity index (χ3v) is 4.89. The van der Waals surface area contributed by atoms with Crippen LogP contribution in [0.4, 0.5) is 0 Å². The third-order valence-electron chi connectivity index (χ3n) is 4.89. The average molecular weight is 279 g/mol. The van der Waals surface area contributed by atoms with Gasteiger partial charge in [0.15, 0.2) is 0 Å². The van der Waals surface area contributed by atoms with Gasteiger partial charge in [0.1, 0.15) is 0 Å². The van der Waals surface area contributed by atoms with Crippen molar-refractivity contribution in [2.24, 2.45) is 0 Å². The molecule has 1 aliphatic rings. The minimum atomic E-state index is 0.458. The predicted molar refractivity (Wildman–Crippen MR) is 90.6 cm³/mol. The maximum absolute atomic E-state index is 3.36. The molecule has 21 heavy (non-hydrogen) atoms. The molecule has 1 saturated carbocycles. The quantitative estimate of drug-likeness (QED) is 0.784. The largest absolute Gasteiger partial charge is 0.313 e. The summed E-state index contributed by atoms with van der Waals surface area (Å²) in [7, 11) is 2.03. The van der Waals surface area contributed by atoms with Crippen LogP contribution in [0.3, 0.4) is 0 Å². The minimum absolute atomic E-state index is 0.458. The summed E-state index contributed by atoms with van der Waals surface area (Å²) in [5, 5.41) is 3.36. The smallest absolute Gasteiger partial charge is 0.0314 e. The standard InChI is InChI=1S/C20H25N/c1-3-20(21-2)19-13-11-18(12-14-19)17-9-7-16(8-10-17)15-5-4-6-15/h7-15,20-21H,3-6H2,1-2H3. The first-order chi connectivity index (χ1) is 10.3. The van der Waals surface area contributed by atoms with Crippen LogP contribution in [0.1, 0.15) is 55.7 Å². The molecule has 2 aromatic carbocycles. The fraction of sp³-hybridized carbons (Fsp3) is 0.400. The van der Waals surface area contributed by atoms with Gasteiger partial charge in [-0.2, -0.15) is 0 Å². The second kappa shape index (κ2) is 6.44. The molecule has 110 valence electrons. The van der Waals surface area contributed by atoms with Crippen LogP contribution >= 0.6 is 0 Å². The molecule has 0 amide bonds. The Hall–Kier alpha value is -1.60. The molecule has 2 aromatic rings. The van der Waals surface area contributed by atoms with Gasteiger partial charge in [-0.3, -0.25) is 0 Å². The molecule has 1 fully saturated rings. The molecule has 1 atom stereocenters. The summed E-state index contributed by atoms with van der Waals surface area (Å²) >= 11 is 0. The van der Waals surface area contributed by atoms with Crippen LogP contribution in [0.5, 0.6) is 0 Å². The van der Waals surface area contributed by atoms with Crippen LogP contribution < -0.4 is 5.32 Å². The van der Waals surface area contributed by atoms with E-state index in [2.05, 4.69) is 60.8 Å². The highest BCUT2D eigenvalue weighted by molar-refractivity contribution is 5.64. The van der Waals surface area contributed by atoms with Crippen molar-refractivity contribution in [1.29, 1.82) is 0 Å². The molecule has 1 aliphatic carbocycles. The van der Waals surface area contributed by atoms with Gasteiger partial charge in [0, 0.05) is 6.04 Å². The Labute approximate surface area is 128 Å². The first-order valence-electron chi connectivity index (χ1n) is 8.19. The van der Waals surface area contributed by atoms with E-state index in [1.165, 1.54) is 41.5 Å². The van der Waals surface area contributed by atoms with Gasteiger partial charge >= 0.3 is 0 Å². The Kier molecular flexibility index (Phi) is 4.40. The number of hydrogen-bond donors (Lipinski definition) is 1. The van der Waals surface area contributed by atoms with Crippen molar-refractivity contribution in [3.05, 3.63) is 59.7 Å². The monoisotopic (exact) mass is 279 g/mol. The third kappa shape index (κ3) is 3.03. The highest BCUT2D eigenvalue weighted by Crippen LogP contribution is 2.37. The zero-order valence-corrected chi connectivity index (χ0v) is 13.1. The zero-order chi connectivity index (χ0) is 14.7. The van der Waals surface area contributed by atoms with E-state index in [1.54, 1.807) is 0 Å². The van der Waals surface area contributed by atoms with Gasteiger partial charge in [-0.05, 0) is 54.5 Å². The SMILES string of the molecule is CCC(NC)c1ccc(-c2ccc(C3CCC3)cc2)cc1. The van der Waals surface area contributed by atoms with Crippen LogP contribution in [-0.2, 0) is 0 Å². The van der Waals surface area contributed by atoms with E-state index in [0.717, 1.165) is 12.3 Å². The summed E-state index contributed by atoms with van der Waals surface area (Å²) in [5.74, 6) is 0.822. The lowest BCUT2D eigenvalue weighted by molar-refractivity contribution is 0.420. The first kappa shape index (κ1) is 14.3. The fourth-order valence-electron chi connectivity index (χ4n) is 3.20. The van der Waals surface area contributed by atoms with Crippen LogP contribution in [0.25, 0.3) is 11.1 Å². The number of nitrogens with one attached hydrogen (secondary N) is 1. The van der Waals surface area contributed by atoms with Crippen molar-refractivity contribution >= 4 is 0 Å². The van der Waals surface area contributed by atoms with E-state index in [9.17, 15) is 0 Å². The molecule has 0 heterocycles. The molecular weight excluding hydrogens is 254 g/mol. The van der Waals surface area contributed by atoms with Crippen LogP contribution in [0.2, 0.25) is 0 Å². The maximum atomic E-state index is 3.36. The topological polar surface area (TPSA) is 12.0 Å². The molecule has 0 aliphatic heterocycles. The zero-order valence-electron chi connectivity index (χ0n) is 13.1. The molecule has 1 N–H and O–H groups in total. The molecule has 1 heteroatoms. The van der Waals surface area contributed by atoms with Crippen molar-refractivity contribution in [3.8, 4) is 11.1 Å². The van der Waals surface area contributed by atoms with E-state index in [-0.39, 0.29) is 0 Å². The average Bonchev–Trinajstić information content (AvgIpc) is 2.48. The van der Waals surface area contributed by atoms with E-state index in [1.807, 2.05) is 7.05 Å². The summed E-state index contributed by atoms with van der Waals surface area (Å²) in [6.45, 7) is 2.22. The van der Waals surface area contributed by atoms with Gasteiger partial charge in [-0.25, -0.2) is 0 Å². The highest BCUT2D eigenvalue weighted by Gasteiger charge is 2.18. The molecule has 0 spiro atoms. The lowest BCUT2D eigenvalue weighted by atomic mass is 9.80. The lowest BCUT2D eigenvalue weighted by Gasteiger charge is -2.25. The Balaban J connectivity index is 1.77. The molecule has 1 nitrogen and oxygen atoms in total. The Bertz CT molecular complexity index is 560. The molecule has 0 saturated heterocycles. The molecule has 0 aromatic heterocycles. The van der Waals surface area contributed by atoms with Gasteiger partial charge in [-0.15, -0.1) is 0 Å². The van der Waals surface area contributed by atoms with Crippen molar-refractivity contribution in [2.45, 2.75) is 44.6 Å². The first-order valence-corrected chi connectivity index (χ1v) is 8.19. The number of benzene rings is 2. The van der Waals surface area contributed by atoms with Gasteiger partial charge in [0.2, 0.25) is 0 Å². The maximum Gasteiger partial charge on any atom is 0.0314 e. The Morgan fingerprint density at radius 3 is 1.95 bits per heavy atom. The summed E-state index contributed by atoms with van der Waals surface area (Å²) < 4.78 is 0. The number of rotatable bonds is 5. The van der Waals surface area contributed by atoms with E-state index < -0.39 is 0 Å². The van der Waals surface area contributed by atoms with E-state index >= 15 is 0 Å². The van der Waals surface area contributed by atoms with Gasteiger partial charge in [-0.1, -0.05) is 61.9 Å². The summed E-state index contributed by atoms with van der Waals surface area (Å²) in [5.41, 5.74) is 5.52. The molecule has 3 rings (SSSR count). The normalized spacial score (nSPS) is 16.5. The van der Waals surface area contributed by atoms with Crippen molar-refractivity contribution < 1.29 is 0 Å². The second-order valence-electron chi connectivity index (χ2n) is 6.12. The van der Waals surface area contributed by atoms with Crippen molar-refractivity contribution in [2.75, 3.05) is 7.05 Å². The van der Waals surface area contributed by atoms with E-state index in [4.69, 9.17) is 0 Å². The molecule has 0 radical (unpaired) electrons. The van der Waals surface area contributed by atoms with Crippen molar-refractivity contribution in [3.63, 3.8) is 0 Å². The summed E-state index contributed by atoms with van der Waals surface area (Å²) in [6, 6.07) is 18.6. The lowest BCUT2D eigenvalue weighted by Crippen LogP contribution is -2.14. The molecular formula is C20H25N. The van der Waals surface area contributed by atoms with Gasteiger partial charge < -0.3 is 5.32 Å². The Morgan fingerprint density at radius 2 is 1.52 bits per heavy atom. The van der Waals surface area contributed by atoms with Gasteiger partial charge in [0.05, 0.1) is 0 Å².